The molecule has 0 aromatic heterocycles. The third-order valence-corrected chi connectivity index (χ3v) is 5.94. The van der Waals surface area contributed by atoms with Crippen molar-refractivity contribution < 1.29 is 14.3 Å². The fourth-order valence-electron chi connectivity index (χ4n) is 3.79. The van der Waals surface area contributed by atoms with E-state index in [-0.39, 0.29) is 5.97 Å². The van der Waals surface area contributed by atoms with Crippen molar-refractivity contribution in [3.63, 3.8) is 0 Å². The summed E-state index contributed by atoms with van der Waals surface area (Å²) in [6.45, 7) is 6.53. The number of carbonyl (C=O) groups excluding carboxylic acids is 1. The zero-order valence-electron chi connectivity index (χ0n) is 18.3. The molecule has 1 heterocycles. The molecule has 0 aromatic carbocycles. The molecule has 3 nitrogen and oxygen atoms in total. The summed E-state index contributed by atoms with van der Waals surface area (Å²) in [6.07, 6.45) is 21.0. The van der Waals surface area contributed by atoms with Crippen LogP contribution in [0.25, 0.3) is 0 Å². The SMILES string of the molecule is CCCCCCCCCCCCCCCC(CC)CC(=O)OCC1COC1. The highest BCUT2D eigenvalue weighted by atomic mass is 16.5. The minimum absolute atomic E-state index is 0.0107. The van der Waals surface area contributed by atoms with Crippen LogP contribution in [0.15, 0.2) is 0 Å². The molecule has 0 amide bonds. The molecule has 0 bridgehead atoms. The van der Waals surface area contributed by atoms with Gasteiger partial charge in [-0.1, -0.05) is 104 Å². The van der Waals surface area contributed by atoms with Crippen molar-refractivity contribution in [2.24, 2.45) is 11.8 Å². The van der Waals surface area contributed by atoms with E-state index in [2.05, 4.69) is 13.8 Å². The quantitative estimate of drug-likeness (QED) is 0.177. The third-order valence-electron chi connectivity index (χ3n) is 5.94. The summed E-state index contributed by atoms with van der Waals surface area (Å²) in [7, 11) is 0. The largest absolute Gasteiger partial charge is 0.465 e. The molecule has 0 saturated carbocycles. The summed E-state index contributed by atoms with van der Waals surface area (Å²) < 4.78 is 10.5. The smallest absolute Gasteiger partial charge is 0.306 e. The minimum atomic E-state index is -0.0107. The predicted molar refractivity (Wildman–Crippen MR) is 114 cm³/mol. The molecule has 1 rings (SSSR count). The molecule has 3 heteroatoms. The maximum atomic E-state index is 11.9. The van der Waals surface area contributed by atoms with Crippen LogP contribution in [-0.2, 0) is 14.3 Å². The van der Waals surface area contributed by atoms with Gasteiger partial charge in [0.15, 0.2) is 0 Å². The molecule has 0 aliphatic carbocycles. The van der Waals surface area contributed by atoms with Crippen LogP contribution >= 0.6 is 0 Å². The molecular weight excluding hydrogens is 336 g/mol. The molecule has 160 valence electrons. The zero-order valence-corrected chi connectivity index (χ0v) is 18.3. The second kappa shape index (κ2) is 17.5. The molecule has 1 fully saturated rings. The molecule has 0 spiro atoms. The summed E-state index contributed by atoms with van der Waals surface area (Å²) in [6, 6.07) is 0. The second-order valence-electron chi connectivity index (χ2n) is 8.60. The van der Waals surface area contributed by atoms with Crippen LogP contribution in [0.4, 0.5) is 0 Å². The summed E-state index contributed by atoms with van der Waals surface area (Å²) in [4.78, 5) is 11.9. The third kappa shape index (κ3) is 14.1. The summed E-state index contributed by atoms with van der Waals surface area (Å²) in [5.74, 6) is 0.932. The van der Waals surface area contributed by atoms with Gasteiger partial charge in [-0.05, 0) is 12.3 Å². The maximum absolute atomic E-state index is 11.9. The van der Waals surface area contributed by atoms with Gasteiger partial charge in [0.2, 0.25) is 0 Å². The Kier molecular flexibility index (Phi) is 15.9. The van der Waals surface area contributed by atoms with E-state index in [0.717, 1.165) is 19.6 Å². The number of carbonyl (C=O) groups is 1. The van der Waals surface area contributed by atoms with Crippen LogP contribution in [0.5, 0.6) is 0 Å². The van der Waals surface area contributed by atoms with Crippen molar-refractivity contribution in [1.29, 1.82) is 0 Å². The Labute approximate surface area is 169 Å². The van der Waals surface area contributed by atoms with Gasteiger partial charge in [-0.15, -0.1) is 0 Å². The second-order valence-corrected chi connectivity index (χ2v) is 8.60. The average molecular weight is 383 g/mol. The van der Waals surface area contributed by atoms with Gasteiger partial charge >= 0.3 is 5.97 Å². The van der Waals surface area contributed by atoms with Gasteiger partial charge < -0.3 is 9.47 Å². The Hall–Kier alpha value is -0.570. The zero-order chi connectivity index (χ0) is 19.6. The van der Waals surface area contributed by atoms with Crippen LogP contribution in [0.2, 0.25) is 0 Å². The van der Waals surface area contributed by atoms with E-state index in [1.54, 1.807) is 0 Å². The monoisotopic (exact) mass is 382 g/mol. The first-order valence-electron chi connectivity index (χ1n) is 12.0. The van der Waals surface area contributed by atoms with Crippen molar-refractivity contribution in [2.75, 3.05) is 19.8 Å². The number of ether oxygens (including phenoxy) is 2. The van der Waals surface area contributed by atoms with E-state index in [1.165, 1.54) is 89.9 Å². The van der Waals surface area contributed by atoms with E-state index < -0.39 is 0 Å². The molecule has 0 aromatic rings. The molecule has 1 saturated heterocycles. The van der Waals surface area contributed by atoms with E-state index in [9.17, 15) is 4.79 Å². The van der Waals surface area contributed by atoms with Crippen molar-refractivity contribution in [2.45, 2.75) is 117 Å². The van der Waals surface area contributed by atoms with Gasteiger partial charge in [0.1, 0.15) is 0 Å². The molecule has 1 unspecified atom stereocenters. The first kappa shape index (κ1) is 24.5. The van der Waals surface area contributed by atoms with E-state index in [1.807, 2.05) is 0 Å². The standard InChI is InChI=1S/C24H46O3/c1-3-5-6-7-8-9-10-11-12-13-14-15-16-17-22(4-2)18-24(25)27-21-23-19-26-20-23/h22-23H,3-21H2,1-2H3. The van der Waals surface area contributed by atoms with E-state index in [0.29, 0.717) is 24.9 Å². The van der Waals surface area contributed by atoms with Crippen molar-refractivity contribution in [1.82, 2.24) is 0 Å². The molecule has 27 heavy (non-hydrogen) atoms. The van der Waals surface area contributed by atoms with Gasteiger partial charge in [0.05, 0.1) is 19.8 Å². The van der Waals surface area contributed by atoms with Crippen molar-refractivity contribution >= 4 is 5.97 Å². The Morgan fingerprint density at radius 2 is 1.37 bits per heavy atom. The Balaban J connectivity index is 1.84. The first-order chi connectivity index (χ1) is 13.3. The average Bonchev–Trinajstić information content (AvgIpc) is 2.63. The van der Waals surface area contributed by atoms with Gasteiger partial charge in [0, 0.05) is 12.3 Å². The highest BCUT2D eigenvalue weighted by Gasteiger charge is 2.21. The molecule has 0 N–H and O–H groups in total. The fraction of sp³-hybridized carbons (Fsp3) is 0.958. The molecular formula is C24H46O3. The lowest BCUT2D eigenvalue weighted by molar-refractivity contribution is -0.151. The molecule has 1 aliphatic heterocycles. The van der Waals surface area contributed by atoms with E-state index in [4.69, 9.17) is 9.47 Å². The van der Waals surface area contributed by atoms with Crippen molar-refractivity contribution in [3.8, 4) is 0 Å². The van der Waals surface area contributed by atoms with Crippen LogP contribution < -0.4 is 0 Å². The number of hydrogen-bond donors (Lipinski definition) is 0. The normalized spacial score (nSPS) is 15.5. The van der Waals surface area contributed by atoms with E-state index >= 15 is 0 Å². The Bertz CT molecular complexity index is 339. The number of hydrogen-bond acceptors (Lipinski definition) is 3. The highest BCUT2D eigenvalue weighted by molar-refractivity contribution is 5.69. The molecule has 0 radical (unpaired) electrons. The highest BCUT2D eigenvalue weighted by Crippen LogP contribution is 2.20. The topological polar surface area (TPSA) is 35.5 Å². The number of unbranched alkanes of at least 4 members (excludes halogenated alkanes) is 12. The lowest BCUT2D eigenvalue weighted by atomic mass is 9.94. The summed E-state index contributed by atoms with van der Waals surface area (Å²) >= 11 is 0. The number of esters is 1. The lowest BCUT2D eigenvalue weighted by Crippen LogP contribution is -2.32. The first-order valence-corrected chi connectivity index (χ1v) is 12.0. The number of rotatable bonds is 19. The lowest BCUT2D eigenvalue weighted by Gasteiger charge is -2.25. The summed E-state index contributed by atoms with van der Waals surface area (Å²) in [5.41, 5.74) is 0. The fourth-order valence-corrected chi connectivity index (χ4v) is 3.79. The maximum Gasteiger partial charge on any atom is 0.306 e. The minimum Gasteiger partial charge on any atom is -0.465 e. The van der Waals surface area contributed by atoms with Crippen LogP contribution in [0.3, 0.4) is 0 Å². The van der Waals surface area contributed by atoms with Crippen LogP contribution in [0.1, 0.15) is 117 Å². The van der Waals surface area contributed by atoms with Crippen molar-refractivity contribution in [3.05, 3.63) is 0 Å². The van der Waals surface area contributed by atoms with Gasteiger partial charge in [-0.2, -0.15) is 0 Å². The van der Waals surface area contributed by atoms with Gasteiger partial charge in [0.25, 0.3) is 0 Å². The van der Waals surface area contributed by atoms with Crippen LogP contribution in [0, 0.1) is 11.8 Å². The predicted octanol–water partition coefficient (Wildman–Crippen LogP) is 7.07. The van der Waals surface area contributed by atoms with Crippen LogP contribution in [-0.4, -0.2) is 25.8 Å². The molecule has 1 aliphatic rings. The summed E-state index contributed by atoms with van der Waals surface area (Å²) in [5, 5.41) is 0. The molecule has 1 atom stereocenters. The Morgan fingerprint density at radius 3 is 1.81 bits per heavy atom. The Morgan fingerprint density at radius 1 is 0.852 bits per heavy atom. The van der Waals surface area contributed by atoms with Gasteiger partial charge in [-0.25, -0.2) is 0 Å². The van der Waals surface area contributed by atoms with Gasteiger partial charge in [-0.3, -0.25) is 4.79 Å².